The SMILES string of the molecule is CC[C@H](C(=O)N[C@@H](C)CC)N(Cc1ccc(Cl)cc1)C(=O)CN(c1ccc(C)cc1C)S(=O)(=O)c1ccccc1. The highest BCUT2D eigenvalue weighted by atomic mass is 35.5. The molecule has 0 aromatic heterocycles. The van der Waals surface area contributed by atoms with E-state index in [0.717, 1.165) is 27.4 Å². The van der Waals surface area contributed by atoms with Crippen molar-refractivity contribution in [1.82, 2.24) is 10.2 Å². The zero-order valence-corrected chi connectivity index (χ0v) is 25.3. The summed E-state index contributed by atoms with van der Waals surface area (Å²) in [6.07, 6.45) is 1.10. The number of amides is 2. The molecule has 0 radical (unpaired) electrons. The number of nitrogens with zero attached hydrogens (tertiary/aromatic N) is 2. The van der Waals surface area contributed by atoms with E-state index in [2.05, 4.69) is 5.32 Å². The minimum Gasteiger partial charge on any atom is -0.352 e. The van der Waals surface area contributed by atoms with Crippen molar-refractivity contribution in [3.05, 3.63) is 94.5 Å². The number of rotatable bonds is 12. The first-order valence-electron chi connectivity index (χ1n) is 13.5. The number of nitrogens with one attached hydrogen (secondary N) is 1. The van der Waals surface area contributed by atoms with Crippen molar-refractivity contribution >= 4 is 39.1 Å². The number of aryl methyl sites for hydroxylation is 2. The number of hydrogen-bond acceptors (Lipinski definition) is 4. The molecule has 2 atom stereocenters. The molecule has 0 saturated heterocycles. The minimum absolute atomic E-state index is 0.0702. The molecule has 9 heteroatoms. The molecule has 2 amide bonds. The molecule has 3 aromatic rings. The second kappa shape index (κ2) is 13.8. The van der Waals surface area contributed by atoms with Gasteiger partial charge in [-0.25, -0.2) is 8.42 Å². The predicted octanol–water partition coefficient (Wildman–Crippen LogP) is 5.87. The van der Waals surface area contributed by atoms with Gasteiger partial charge < -0.3 is 10.2 Å². The van der Waals surface area contributed by atoms with Gasteiger partial charge in [0.25, 0.3) is 10.0 Å². The molecule has 214 valence electrons. The highest BCUT2D eigenvalue weighted by Gasteiger charge is 2.34. The molecule has 1 N–H and O–H groups in total. The summed E-state index contributed by atoms with van der Waals surface area (Å²) < 4.78 is 29.0. The van der Waals surface area contributed by atoms with Crippen LogP contribution < -0.4 is 9.62 Å². The third-order valence-electron chi connectivity index (χ3n) is 6.88. The van der Waals surface area contributed by atoms with Crippen molar-refractivity contribution < 1.29 is 18.0 Å². The zero-order valence-electron chi connectivity index (χ0n) is 23.7. The van der Waals surface area contributed by atoms with Crippen molar-refractivity contribution in [2.75, 3.05) is 10.8 Å². The Hall–Kier alpha value is -3.36. The maximum Gasteiger partial charge on any atom is 0.264 e. The fraction of sp³-hybridized carbons (Fsp3) is 0.355. The maximum absolute atomic E-state index is 14.1. The quantitative estimate of drug-likeness (QED) is 0.289. The van der Waals surface area contributed by atoms with E-state index < -0.39 is 28.5 Å². The van der Waals surface area contributed by atoms with Gasteiger partial charge in [0, 0.05) is 17.6 Å². The van der Waals surface area contributed by atoms with Gasteiger partial charge in [0.05, 0.1) is 10.6 Å². The van der Waals surface area contributed by atoms with Crippen molar-refractivity contribution in [1.29, 1.82) is 0 Å². The number of carbonyl (C=O) groups excluding carboxylic acids is 2. The molecule has 7 nitrogen and oxygen atoms in total. The lowest BCUT2D eigenvalue weighted by Gasteiger charge is -2.34. The lowest BCUT2D eigenvalue weighted by Crippen LogP contribution is -2.53. The second-order valence-corrected chi connectivity index (χ2v) is 12.3. The van der Waals surface area contributed by atoms with E-state index >= 15 is 0 Å². The van der Waals surface area contributed by atoms with Crippen LogP contribution in [0.15, 0.2) is 77.7 Å². The Morgan fingerprint density at radius 1 is 0.925 bits per heavy atom. The summed E-state index contributed by atoms with van der Waals surface area (Å²) in [6.45, 7) is 9.11. The lowest BCUT2D eigenvalue weighted by atomic mass is 10.1. The van der Waals surface area contributed by atoms with Gasteiger partial charge in [-0.3, -0.25) is 13.9 Å². The van der Waals surface area contributed by atoms with Gasteiger partial charge in [0.1, 0.15) is 12.6 Å². The minimum atomic E-state index is -4.10. The fourth-order valence-electron chi connectivity index (χ4n) is 4.47. The third-order valence-corrected chi connectivity index (χ3v) is 8.91. The van der Waals surface area contributed by atoms with Crippen LogP contribution in [0.5, 0.6) is 0 Å². The predicted molar refractivity (Wildman–Crippen MR) is 161 cm³/mol. The third kappa shape index (κ3) is 7.64. The monoisotopic (exact) mass is 583 g/mol. The summed E-state index contributed by atoms with van der Waals surface area (Å²) in [6, 6.07) is 19.6. The van der Waals surface area contributed by atoms with Crippen molar-refractivity contribution in [2.45, 2.75) is 71.0 Å². The van der Waals surface area contributed by atoms with Gasteiger partial charge >= 0.3 is 0 Å². The van der Waals surface area contributed by atoms with E-state index in [4.69, 9.17) is 11.6 Å². The molecule has 0 bridgehead atoms. The van der Waals surface area contributed by atoms with Crippen LogP contribution in [-0.4, -0.2) is 43.8 Å². The number of benzene rings is 3. The average Bonchev–Trinajstić information content (AvgIpc) is 2.93. The highest BCUT2D eigenvalue weighted by molar-refractivity contribution is 7.92. The molecule has 0 aliphatic rings. The molecule has 0 heterocycles. The van der Waals surface area contributed by atoms with Crippen LogP contribution in [0.4, 0.5) is 5.69 Å². The molecule has 0 saturated carbocycles. The van der Waals surface area contributed by atoms with E-state index in [0.29, 0.717) is 17.1 Å². The highest BCUT2D eigenvalue weighted by Crippen LogP contribution is 2.28. The van der Waals surface area contributed by atoms with Gasteiger partial charge in [0.2, 0.25) is 11.8 Å². The Kier molecular flexibility index (Phi) is 10.8. The van der Waals surface area contributed by atoms with Gasteiger partial charge in [0.15, 0.2) is 0 Å². The summed E-state index contributed by atoms with van der Waals surface area (Å²) in [5.74, 6) is -0.760. The van der Waals surface area contributed by atoms with Crippen LogP contribution in [0.25, 0.3) is 0 Å². The van der Waals surface area contributed by atoms with E-state index in [-0.39, 0.29) is 23.4 Å². The number of carbonyl (C=O) groups is 2. The van der Waals surface area contributed by atoms with Gasteiger partial charge in [-0.1, -0.05) is 73.5 Å². The van der Waals surface area contributed by atoms with E-state index in [1.807, 2.05) is 46.8 Å². The van der Waals surface area contributed by atoms with E-state index in [9.17, 15) is 18.0 Å². The van der Waals surface area contributed by atoms with Gasteiger partial charge in [-0.15, -0.1) is 0 Å². The summed E-state index contributed by atoms with van der Waals surface area (Å²) in [5.41, 5.74) is 2.88. The Bertz CT molecular complexity index is 1410. The Morgan fingerprint density at radius 2 is 1.57 bits per heavy atom. The van der Waals surface area contributed by atoms with Crippen molar-refractivity contribution in [3.8, 4) is 0 Å². The summed E-state index contributed by atoms with van der Waals surface area (Å²) in [7, 11) is -4.10. The summed E-state index contributed by atoms with van der Waals surface area (Å²) in [4.78, 5) is 29.0. The Balaban J connectivity index is 2.07. The van der Waals surface area contributed by atoms with Crippen LogP contribution >= 0.6 is 11.6 Å². The van der Waals surface area contributed by atoms with Crippen LogP contribution in [0.2, 0.25) is 5.02 Å². The van der Waals surface area contributed by atoms with Crippen LogP contribution in [0.3, 0.4) is 0 Å². The average molecular weight is 584 g/mol. The standard InChI is InChI=1S/C31H38ClN3O4S/c1-6-24(5)33-31(37)28(7-2)34(20-25-14-16-26(32)17-15-25)30(36)21-35(29-18-13-22(3)19-23(29)4)40(38,39)27-11-9-8-10-12-27/h8-19,24,28H,6-7,20-21H2,1-5H3,(H,33,37)/t24-,28+/m0/s1. The van der Waals surface area contributed by atoms with Crippen LogP contribution in [0.1, 0.15) is 50.3 Å². The smallest absolute Gasteiger partial charge is 0.264 e. The molecule has 3 rings (SSSR count). The molecule has 0 unspecified atom stereocenters. The number of hydrogen-bond donors (Lipinski definition) is 1. The van der Waals surface area contributed by atoms with Gasteiger partial charge in [-0.05, 0) is 75.1 Å². The first-order chi connectivity index (χ1) is 19.0. The molecule has 3 aromatic carbocycles. The number of sulfonamides is 1. The molecule has 0 aliphatic heterocycles. The Labute approximate surface area is 243 Å². The summed E-state index contributed by atoms with van der Waals surface area (Å²) >= 11 is 6.08. The molecule has 40 heavy (non-hydrogen) atoms. The fourth-order valence-corrected chi connectivity index (χ4v) is 6.09. The zero-order chi connectivity index (χ0) is 29.4. The largest absolute Gasteiger partial charge is 0.352 e. The maximum atomic E-state index is 14.1. The number of anilines is 1. The van der Waals surface area contributed by atoms with E-state index in [1.165, 1.54) is 17.0 Å². The summed E-state index contributed by atoms with van der Waals surface area (Å²) in [5, 5.41) is 3.54. The normalized spacial score (nSPS) is 12.8. The topological polar surface area (TPSA) is 86.8 Å². The van der Waals surface area contributed by atoms with Crippen molar-refractivity contribution in [3.63, 3.8) is 0 Å². The van der Waals surface area contributed by atoms with Gasteiger partial charge in [-0.2, -0.15) is 0 Å². The Morgan fingerprint density at radius 3 is 2.15 bits per heavy atom. The van der Waals surface area contributed by atoms with Crippen LogP contribution in [-0.2, 0) is 26.2 Å². The first kappa shape index (κ1) is 31.2. The molecular weight excluding hydrogens is 546 g/mol. The van der Waals surface area contributed by atoms with Crippen LogP contribution in [0, 0.1) is 13.8 Å². The second-order valence-electron chi connectivity index (χ2n) is 10.0. The lowest BCUT2D eigenvalue weighted by molar-refractivity contribution is -0.140. The van der Waals surface area contributed by atoms with Crippen molar-refractivity contribution in [2.24, 2.45) is 0 Å². The molecule has 0 fully saturated rings. The molecular formula is C31H38ClN3O4S. The molecule has 0 spiro atoms. The van der Waals surface area contributed by atoms with E-state index in [1.54, 1.807) is 48.5 Å². The molecule has 0 aliphatic carbocycles. The number of halogens is 1. The first-order valence-corrected chi connectivity index (χ1v) is 15.3.